The van der Waals surface area contributed by atoms with Crippen molar-refractivity contribution < 1.29 is 19.0 Å². The number of fused-ring (bicyclic) bond motifs is 1. The van der Waals surface area contributed by atoms with E-state index < -0.39 is 0 Å². The van der Waals surface area contributed by atoms with Crippen LogP contribution < -0.4 is 19.5 Å². The number of rotatable bonds is 6. The van der Waals surface area contributed by atoms with Crippen LogP contribution in [0.1, 0.15) is 10.4 Å². The van der Waals surface area contributed by atoms with Crippen LogP contribution in [0.25, 0.3) is 15.5 Å². The average molecular weight is 411 g/mol. The van der Waals surface area contributed by atoms with Crippen LogP contribution in [-0.4, -0.2) is 47.0 Å². The van der Waals surface area contributed by atoms with Gasteiger partial charge in [0, 0.05) is 17.2 Å². The summed E-state index contributed by atoms with van der Waals surface area (Å²) in [5.41, 5.74) is 1.73. The van der Waals surface area contributed by atoms with Gasteiger partial charge in [-0.2, -0.15) is 9.61 Å². The number of hydrogen-bond acceptors (Lipinski definition) is 8. The minimum atomic E-state index is -0.323. The number of carbonyl (C=O) groups is 1. The number of amides is 1. The topological polar surface area (TPSA) is 99.9 Å². The minimum Gasteiger partial charge on any atom is -0.497 e. The highest BCUT2D eigenvalue weighted by atomic mass is 32.1. The van der Waals surface area contributed by atoms with Crippen molar-refractivity contribution in [1.82, 2.24) is 19.8 Å². The zero-order chi connectivity index (χ0) is 20.4. The van der Waals surface area contributed by atoms with Crippen molar-refractivity contribution in [3.05, 3.63) is 48.3 Å². The molecule has 9 nitrogen and oxygen atoms in total. The van der Waals surface area contributed by atoms with Gasteiger partial charge in [-0.3, -0.25) is 4.79 Å². The molecule has 29 heavy (non-hydrogen) atoms. The number of anilines is 1. The van der Waals surface area contributed by atoms with E-state index >= 15 is 0 Å². The Labute approximate surface area is 169 Å². The first kappa shape index (κ1) is 18.7. The molecule has 0 aliphatic heterocycles. The summed E-state index contributed by atoms with van der Waals surface area (Å²) in [5, 5.41) is 15.9. The summed E-state index contributed by atoms with van der Waals surface area (Å²) in [7, 11) is 4.61. The molecular formula is C19H17N5O4S. The summed E-state index contributed by atoms with van der Waals surface area (Å²) < 4.78 is 17.5. The van der Waals surface area contributed by atoms with Crippen LogP contribution in [-0.2, 0) is 0 Å². The number of benzene rings is 2. The van der Waals surface area contributed by atoms with E-state index in [-0.39, 0.29) is 5.91 Å². The molecule has 4 aromatic rings. The summed E-state index contributed by atoms with van der Waals surface area (Å²) in [6.45, 7) is 0. The lowest BCUT2D eigenvalue weighted by molar-refractivity contribution is 0.102. The third-order valence-corrected chi connectivity index (χ3v) is 5.16. The van der Waals surface area contributed by atoms with Crippen LogP contribution in [0.4, 0.5) is 5.69 Å². The lowest BCUT2D eigenvalue weighted by Gasteiger charge is -2.13. The molecule has 4 rings (SSSR count). The molecule has 0 aliphatic rings. The Morgan fingerprint density at radius 2 is 1.79 bits per heavy atom. The Hall–Kier alpha value is -3.66. The fourth-order valence-electron chi connectivity index (χ4n) is 2.75. The van der Waals surface area contributed by atoms with Crippen molar-refractivity contribution in [2.45, 2.75) is 0 Å². The van der Waals surface area contributed by atoms with Crippen LogP contribution in [0.3, 0.4) is 0 Å². The quantitative estimate of drug-likeness (QED) is 0.520. The minimum absolute atomic E-state index is 0.323. The Bertz CT molecular complexity index is 1140. The van der Waals surface area contributed by atoms with Crippen LogP contribution in [0, 0.1) is 0 Å². The van der Waals surface area contributed by atoms with Crippen LogP contribution in [0.15, 0.2) is 42.7 Å². The van der Waals surface area contributed by atoms with Crippen molar-refractivity contribution in [2.24, 2.45) is 0 Å². The Balaban J connectivity index is 1.67. The third kappa shape index (κ3) is 3.69. The highest BCUT2D eigenvalue weighted by Crippen LogP contribution is 2.33. The normalized spacial score (nSPS) is 10.7. The summed E-state index contributed by atoms with van der Waals surface area (Å²) in [6, 6.07) is 10.4. The molecular weight excluding hydrogens is 394 g/mol. The van der Waals surface area contributed by atoms with E-state index in [1.807, 2.05) is 6.07 Å². The molecule has 1 N–H and O–H groups in total. The van der Waals surface area contributed by atoms with Gasteiger partial charge >= 0.3 is 0 Å². The van der Waals surface area contributed by atoms with Gasteiger partial charge in [-0.1, -0.05) is 11.3 Å². The van der Waals surface area contributed by atoms with Crippen LogP contribution in [0.5, 0.6) is 17.2 Å². The molecule has 2 aromatic heterocycles. The molecule has 0 saturated carbocycles. The molecule has 1 amide bonds. The van der Waals surface area contributed by atoms with Crippen molar-refractivity contribution in [3.8, 4) is 27.8 Å². The van der Waals surface area contributed by atoms with Gasteiger partial charge in [-0.05, 0) is 30.3 Å². The SMILES string of the molecule is COc1cc(OC)cc(C(=O)Nc2cc(-c3nn4cnnc4s3)ccc2OC)c1. The number of aromatic nitrogens is 4. The summed E-state index contributed by atoms with van der Waals surface area (Å²) in [4.78, 5) is 13.5. The maximum absolute atomic E-state index is 12.9. The number of ether oxygens (including phenoxy) is 3. The molecule has 0 unspecified atom stereocenters. The largest absolute Gasteiger partial charge is 0.497 e. The monoisotopic (exact) mass is 411 g/mol. The van der Waals surface area contributed by atoms with Gasteiger partial charge in [0.25, 0.3) is 5.91 Å². The summed E-state index contributed by atoms with van der Waals surface area (Å²) >= 11 is 1.40. The molecule has 0 aliphatic carbocycles. The Kier molecular flexibility index (Phi) is 5.00. The van der Waals surface area contributed by atoms with E-state index in [1.54, 1.807) is 42.0 Å². The second-order valence-electron chi connectivity index (χ2n) is 5.94. The third-order valence-electron chi connectivity index (χ3n) is 4.20. The van der Waals surface area contributed by atoms with Gasteiger partial charge in [-0.25, -0.2) is 0 Å². The van der Waals surface area contributed by atoms with Crippen molar-refractivity contribution in [1.29, 1.82) is 0 Å². The fraction of sp³-hybridized carbons (Fsp3) is 0.158. The van der Waals surface area contributed by atoms with Gasteiger partial charge in [-0.15, -0.1) is 10.2 Å². The second kappa shape index (κ2) is 7.76. The average Bonchev–Trinajstić information content (AvgIpc) is 3.35. The number of methoxy groups -OCH3 is 3. The molecule has 0 fully saturated rings. The molecule has 0 bridgehead atoms. The van der Waals surface area contributed by atoms with Gasteiger partial charge in [0.05, 0.1) is 27.0 Å². The highest BCUT2D eigenvalue weighted by Gasteiger charge is 2.15. The summed E-state index contributed by atoms with van der Waals surface area (Å²) in [5.74, 6) is 1.25. The van der Waals surface area contributed by atoms with E-state index in [0.717, 1.165) is 10.6 Å². The molecule has 2 aromatic carbocycles. The van der Waals surface area contributed by atoms with E-state index in [1.165, 1.54) is 31.9 Å². The van der Waals surface area contributed by atoms with Crippen molar-refractivity contribution >= 4 is 27.9 Å². The van der Waals surface area contributed by atoms with Gasteiger partial charge in [0.15, 0.2) is 0 Å². The van der Waals surface area contributed by atoms with E-state index in [4.69, 9.17) is 14.2 Å². The molecule has 10 heteroatoms. The first-order valence-corrected chi connectivity index (χ1v) is 9.32. The predicted octanol–water partition coefficient (Wildman–Crippen LogP) is 3.13. The molecule has 0 atom stereocenters. The summed E-state index contributed by atoms with van der Waals surface area (Å²) in [6.07, 6.45) is 1.54. The smallest absolute Gasteiger partial charge is 0.256 e. The lowest BCUT2D eigenvalue weighted by Crippen LogP contribution is -2.13. The second-order valence-corrected chi connectivity index (χ2v) is 6.89. The Morgan fingerprint density at radius 3 is 2.45 bits per heavy atom. The Morgan fingerprint density at radius 1 is 1.03 bits per heavy atom. The molecule has 0 radical (unpaired) electrons. The molecule has 148 valence electrons. The van der Waals surface area contributed by atoms with Crippen LogP contribution >= 0.6 is 11.3 Å². The number of carbonyl (C=O) groups excluding carboxylic acids is 1. The maximum Gasteiger partial charge on any atom is 0.256 e. The lowest BCUT2D eigenvalue weighted by atomic mass is 10.1. The van der Waals surface area contributed by atoms with Gasteiger partial charge in [0.2, 0.25) is 4.96 Å². The van der Waals surface area contributed by atoms with E-state index in [9.17, 15) is 4.79 Å². The fourth-order valence-corrected chi connectivity index (χ4v) is 3.56. The number of nitrogens with zero attached hydrogens (tertiary/aromatic N) is 4. The van der Waals surface area contributed by atoms with E-state index in [0.29, 0.717) is 33.5 Å². The van der Waals surface area contributed by atoms with Gasteiger partial charge in [0.1, 0.15) is 28.6 Å². The molecule has 0 spiro atoms. The first-order chi connectivity index (χ1) is 14.1. The number of nitrogens with one attached hydrogen (secondary N) is 1. The first-order valence-electron chi connectivity index (χ1n) is 8.51. The van der Waals surface area contributed by atoms with Crippen molar-refractivity contribution in [2.75, 3.05) is 26.6 Å². The highest BCUT2D eigenvalue weighted by molar-refractivity contribution is 7.19. The standard InChI is InChI=1S/C19H17N5O4S/c1-26-13-6-12(7-14(9-13)27-2)17(25)21-15-8-11(4-5-16(15)28-3)18-23-24-10-20-22-19(24)29-18/h4-10H,1-3H3,(H,21,25). The zero-order valence-electron chi connectivity index (χ0n) is 15.9. The maximum atomic E-state index is 12.9. The zero-order valence-corrected chi connectivity index (χ0v) is 16.7. The van der Waals surface area contributed by atoms with E-state index in [2.05, 4.69) is 20.6 Å². The predicted molar refractivity (Wildman–Crippen MR) is 108 cm³/mol. The van der Waals surface area contributed by atoms with Gasteiger partial charge < -0.3 is 19.5 Å². The molecule has 2 heterocycles. The van der Waals surface area contributed by atoms with Crippen LogP contribution in [0.2, 0.25) is 0 Å². The number of hydrogen-bond donors (Lipinski definition) is 1. The molecule has 0 saturated heterocycles. The van der Waals surface area contributed by atoms with Crippen molar-refractivity contribution in [3.63, 3.8) is 0 Å².